The topological polar surface area (TPSA) is 52.2 Å². The lowest BCUT2D eigenvalue weighted by molar-refractivity contribution is -0.141. The summed E-state index contributed by atoms with van der Waals surface area (Å²) in [5, 5.41) is 7.79. The number of hydrogen-bond acceptors (Lipinski definition) is 3. The van der Waals surface area contributed by atoms with Crippen LogP contribution >= 0.6 is 0 Å². The van der Waals surface area contributed by atoms with E-state index in [4.69, 9.17) is 0 Å². The van der Waals surface area contributed by atoms with Crippen molar-refractivity contribution in [1.82, 2.24) is 19.4 Å². The van der Waals surface area contributed by atoms with Crippen LogP contribution in [0.5, 0.6) is 0 Å². The Morgan fingerprint density at radius 2 is 1.96 bits per heavy atom. The molecule has 0 aliphatic heterocycles. The Morgan fingerprint density at radius 1 is 1.24 bits per heavy atom. The second-order valence-corrected chi connectivity index (χ2v) is 6.05. The van der Waals surface area contributed by atoms with Gasteiger partial charge < -0.3 is 0 Å². The Morgan fingerprint density at radius 3 is 2.56 bits per heavy atom. The molecule has 0 amide bonds. The van der Waals surface area contributed by atoms with Crippen LogP contribution in [0, 0.1) is 0 Å². The zero-order chi connectivity index (χ0) is 18.4. The highest BCUT2D eigenvalue weighted by atomic mass is 19.4. The molecule has 0 atom stereocenters. The van der Waals surface area contributed by atoms with Crippen molar-refractivity contribution in [3.63, 3.8) is 0 Å². The molecule has 0 fully saturated rings. The summed E-state index contributed by atoms with van der Waals surface area (Å²) in [6.07, 6.45) is 0.0858. The molecule has 0 aliphatic carbocycles. The van der Waals surface area contributed by atoms with Gasteiger partial charge in [0.2, 0.25) is 0 Å². The fourth-order valence-electron chi connectivity index (χ4n) is 2.63. The van der Waals surface area contributed by atoms with Crippen molar-refractivity contribution in [3.8, 4) is 11.1 Å². The zero-order valence-electron chi connectivity index (χ0n) is 14.0. The van der Waals surface area contributed by atoms with Gasteiger partial charge in [0.25, 0.3) is 0 Å². The molecule has 5 nitrogen and oxygen atoms in total. The number of Topliss-reactive ketones (excluding diaryl/α,β-unsaturated/α-hetero) is 1. The summed E-state index contributed by atoms with van der Waals surface area (Å²) in [5.41, 5.74) is 0.424. The number of alkyl halides is 3. The number of carbonyl (C=O) groups is 1. The number of pyridine rings is 1. The number of ketones is 1. The number of hydrogen-bond donors (Lipinski definition) is 0. The Bertz CT molecular complexity index is 937. The number of aromatic nitrogens is 4. The maximum Gasteiger partial charge on any atom is 0.435 e. The van der Waals surface area contributed by atoms with Gasteiger partial charge in [0.15, 0.2) is 11.5 Å². The summed E-state index contributed by atoms with van der Waals surface area (Å²) in [7, 11) is 0. The molecule has 132 valence electrons. The third kappa shape index (κ3) is 3.04. The van der Waals surface area contributed by atoms with Crippen molar-refractivity contribution < 1.29 is 18.0 Å². The Balaban J connectivity index is 2.15. The number of carbonyl (C=O) groups excluding carboxylic acids is 1. The molecule has 0 saturated heterocycles. The molecule has 3 aromatic rings. The first-order valence-electron chi connectivity index (χ1n) is 7.89. The van der Waals surface area contributed by atoms with Gasteiger partial charge in [0, 0.05) is 36.0 Å². The molecule has 8 heteroatoms. The van der Waals surface area contributed by atoms with Crippen LogP contribution in [0.1, 0.15) is 49.3 Å². The second-order valence-electron chi connectivity index (χ2n) is 6.05. The quantitative estimate of drug-likeness (QED) is 0.656. The molecule has 3 rings (SSSR count). The first-order chi connectivity index (χ1) is 11.7. The van der Waals surface area contributed by atoms with E-state index in [0.29, 0.717) is 23.1 Å². The number of halogens is 3. The number of fused-ring (bicyclic) bond motifs is 1. The van der Waals surface area contributed by atoms with E-state index in [-0.39, 0.29) is 17.4 Å². The molecule has 0 aromatic carbocycles. The third-order valence-corrected chi connectivity index (χ3v) is 3.98. The van der Waals surface area contributed by atoms with E-state index in [9.17, 15) is 18.0 Å². The third-order valence-electron chi connectivity index (χ3n) is 3.98. The predicted octanol–water partition coefficient (Wildman–Crippen LogP) is 4.39. The van der Waals surface area contributed by atoms with Crippen molar-refractivity contribution in [2.45, 2.75) is 39.4 Å². The summed E-state index contributed by atoms with van der Waals surface area (Å²) < 4.78 is 42.7. The van der Waals surface area contributed by atoms with Gasteiger partial charge in [-0.1, -0.05) is 13.0 Å². The van der Waals surface area contributed by atoms with E-state index in [2.05, 4.69) is 10.2 Å². The van der Waals surface area contributed by atoms with E-state index in [1.165, 1.54) is 27.8 Å². The molecule has 25 heavy (non-hydrogen) atoms. The molecule has 0 N–H and O–H groups in total. The van der Waals surface area contributed by atoms with Crippen molar-refractivity contribution in [2.75, 3.05) is 0 Å². The average molecular weight is 350 g/mol. The van der Waals surface area contributed by atoms with Crippen molar-refractivity contribution in [3.05, 3.63) is 42.0 Å². The van der Waals surface area contributed by atoms with Crippen LogP contribution in [0.3, 0.4) is 0 Å². The van der Waals surface area contributed by atoms with E-state index >= 15 is 0 Å². The molecule has 0 unspecified atom stereocenters. The van der Waals surface area contributed by atoms with E-state index in [1.807, 2.05) is 0 Å². The van der Waals surface area contributed by atoms with Crippen molar-refractivity contribution in [2.24, 2.45) is 0 Å². The predicted molar refractivity (Wildman–Crippen MR) is 86.4 cm³/mol. The van der Waals surface area contributed by atoms with E-state index in [1.54, 1.807) is 32.9 Å². The van der Waals surface area contributed by atoms with Gasteiger partial charge in [0.1, 0.15) is 0 Å². The molecule has 3 heterocycles. The highest BCUT2D eigenvalue weighted by molar-refractivity contribution is 6.02. The smallest absolute Gasteiger partial charge is 0.294 e. The van der Waals surface area contributed by atoms with Gasteiger partial charge in [0.05, 0.1) is 17.3 Å². The molecule has 0 radical (unpaired) electrons. The minimum atomic E-state index is -4.56. The Labute approximate surface area is 142 Å². The normalized spacial score (nSPS) is 12.3. The molecular formula is C17H17F3N4O. The second kappa shape index (κ2) is 6.02. The average Bonchev–Trinajstić information content (AvgIpc) is 3.17. The van der Waals surface area contributed by atoms with Crippen LogP contribution in [-0.4, -0.2) is 25.2 Å². The van der Waals surface area contributed by atoms with Crippen LogP contribution < -0.4 is 0 Å². The van der Waals surface area contributed by atoms with E-state index < -0.39 is 11.9 Å². The fourth-order valence-corrected chi connectivity index (χ4v) is 2.63. The summed E-state index contributed by atoms with van der Waals surface area (Å²) >= 11 is 0. The lowest BCUT2D eigenvalue weighted by Crippen LogP contribution is -2.10. The molecule has 3 aromatic heterocycles. The van der Waals surface area contributed by atoms with Gasteiger partial charge >= 0.3 is 6.18 Å². The number of nitrogens with zero attached hydrogens (tertiary/aromatic N) is 4. The van der Waals surface area contributed by atoms with Crippen LogP contribution in [0.25, 0.3) is 16.6 Å². The highest BCUT2D eigenvalue weighted by Crippen LogP contribution is 2.36. The monoisotopic (exact) mass is 350 g/mol. The first-order valence-corrected chi connectivity index (χ1v) is 7.89. The maximum atomic E-state index is 13.3. The van der Waals surface area contributed by atoms with Crippen LogP contribution in [0.2, 0.25) is 0 Å². The first kappa shape index (κ1) is 17.2. The lowest BCUT2D eigenvalue weighted by atomic mass is 10.1. The maximum absolute atomic E-state index is 13.3. The zero-order valence-corrected chi connectivity index (χ0v) is 14.0. The van der Waals surface area contributed by atoms with Crippen LogP contribution in [-0.2, 0) is 6.18 Å². The van der Waals surface area contributed by atoms with Gasteiger partial charge in [-0.2, -0.15) is 23.4 Å². The molecular weight excluding hydrogens is 333 g/mol. The fraction of sp³-hybridized carbons (Fsp3) is 0.353. The minimum Gasteiger partial charge on any atom is -0.294 e. The van der Waals surface area contributed by atoms with Gasteiger partial charge in [-0.25, -0.2) is 4.52 Å². The molecule has 0 aliphatic rings. The minimum absolute atomic E-state index is 0.0121. The Kier molecular flexibility index (Phi) is 4.14. The Hall–Kier alpha value is -2.64. The van der Waals surface area contributed by atoms with Crippen LogP contribution in [0.4, 0.5) is 13.2 Å². The summed E-state index contributed by atoms with van der Waals surface area (Å²) in [6, 6.07) is 2.97. The summed E-state index contributed by atoms with van der Waals surface area (Å²) in [6.45, 7) is 5.27. The van der Waals surface area contributed by atoms with Crippen LogP contribution in [0.15, 0.2) is 30.7 Å². The van der Waals surface area contributed by atoms with Crippen molar-refractivity contribution in [1.29, 1.82) is 0 Å². The van der Waals surface area contributed by atoms with Gasteiger partial charge in [-0.05, 0) is 19.9 Å². The summed E-state index contributed by atoms with van der Waals surface area (Å²) in [4.78, 5) is 11.9. The largest absolute Gasteiger partial charge is 0.435 e. The molecule has 0 spiro atoms. The standard InChI is InChI=1S/C17H17F3N4O/c1-4-15(25)12-7-21-24-8-11(5-6-14(12)24)13-9-23(10(2)3)22-16(13)17(18,19)20/h5-10H,4H2,1-3H3. The van der Waals surface area contributed by atoms with Gasteiger partial charge in [-0.15, -0.1) is 0 Å². The lowest BCUT2D eigenvalue weighted by Gasteiger charge is -2.07. The molecule has 0 saturated carbocycles. The van der Waals surface area contributed by atoms with Crippen molar-refractivity contribution >= 4 is 11.3 Å². The summed E-state index contributed by atoms with van der Waals surface area (Å²) in [5.74, 6) is -0.0636. The SMILES string of the molecule is CCC(=O)c1cnn2cc(-c3cn(C(C)C)nc3C(F)(F)F)ccc12. The van der Waals surface area contributed by atoms with E-state index in [0.717, 1.165) is 0 Å². The number of rotatable bonds is 4. The van der Waals surface area contributed by atoms with Gasteiger partial charge in [-0.3, -0.25) is 9.48 Å². The highest BCUT2D eigenvalue weighted by Gasteiger charge is 2.38. The molecule has 0 bridgehead atoms.